The van der Waals surface area contributed by atoms with Gasteiger partial charge in [-0.3, -0.25) is 4.84 Å². The zero-order chi connectivity index (χ0) is 18.8. The molecule has 0 aliphatic carbocycles. The van der Waals surface area contributed by atoms with E-state index in [9.17, 15) is 0 Å². The van der Waals surface area contributed by atoms with E-state index >= 15 is 0 Å². The number of ether oxygens (including phenoxy) is 4. The summed E-state index contributed by atoms with van der Waals surface area (Å²) < 4.78 is 24.5. The van der Waals surface area contributed by atoms with Gasteiger partial charge in [0.1, 0.15) is 12.1 Å². The molecule has 144 valence electrons. The van der Waals surface area contributed by atoms with Gasteiger partial charge in [0.25, 0.3) is 0 Å². The molecule has 7 heteroatoms. The molecule has 2 aliphatic rings. The van der Waals surface area contributed by atoms with E-state index in [-0.39, 0.29) is 12.1 Å². The third-order valence-electron chi connectivity index (χ3n) is 4.71. The number of halogens is 1. The minimum atomic E-state index is -1.07. The van der Waals surface area contributed by atoms with Crippen LogP contribution in [0.3, 0.4) is 0 Å². The Morgan fingerprint density at radius 3 is 2.46 bits per heavy atom. The summed E-state index contributed by atoms with van der Waals surface area (Å²) in [5.41, 5.74) is 1.12. The molecule has 2 heterocycles. The molecule has 2 aliphatic heterocycles. The van der Waals surface area contributed by atoms with Gasteiger partial charge >= 0.3 is 0 Å². The van der Waals surface area contributed by atoms with Gasteiger partial charge in [-0.25, -0.2) is 0 Å². The average Bonchev–Trinajstić information content (AvgIpc) is 2.92. The highest BCUT2D eigenvalue weighted by Gasteiger charge is 2.55. The highest BCUT2D eigenvalue weighted by Crippen LogP contribution is 2.41. The van der Waals surface area contributed by atoms with E-state index in [0.29, 0.717) is 19.8 Å². The smallest absolute Gasteiger partial charge is 0.221 e. The van der Waals surface area contributed by atoms with E-state index in [2.05, 4.69) is 28.1 Å². The molecule has 0 bridgehead atoms. The second-order valence-corrected chi connectivity index (χ2v) is 7.65. The minimum absolute atomic E-state index is 0.298. The summed E-state index contributed by atoms with van der Waals surface area (Å²) in [6.07, 6.45) is 1.61. The summed E-state index contributed by atoms with van der Waals surface area (Å²) in [5.74, 6) is -1.74. The number of methoxy groups -OCH3 is 2. The van der Waals surface area contributed by atoms with E-state index in [1.54, 1.807) is 14.2 Å². The SMILES string of the molecule is COC1(OC)C(Br)=CCON(Cc2ccccc2)[C@H]1[C@H]1COC(C)(C)O1. The van der Waals surface area contributed by atoms with Crippen molar-refractivity contribution in [1.82, 2.24) is 5.06 Å². The topological polar surface area (TPSA) is 49.4 Å². The number of benzene rings is 1. The molecule has 26 heavy (non-hydrogen) atoms. The lowest BCUT2D eigenvalue weighted by Crippen LogP contribution is -2.60. The minimum Gasteiger partial charge on any atom is -0.348 e. The van der Waals surface area contributed by atoms with Crippen molar-refractivity contribution in [2.45, 2.75) is 44.1 Å². The highest BCUT2D eigenvalue weighted by molar-refractivity contribution is 9.11. The van der Waals surface area contributed by atoms with Gasteiger partial charge in [0, 0.05) is 20.8 Å². The molecule has 1 aromatic carbocycles. The quantitative estimate of drug-likeness (QED) is 0.672. The van der Waals surface area contributed by atoms with E-state index in [0.717, 1.165) is 10.0 Å². The van der Waals surface area contributed by atoms with Gasteiger partial charge in [-0.15, -0.1) is 0 Å². The molecule has 0 unspecified atom stereocenters. The van der Waals surface area contributed by atoms with Crippen LogP contribution in [0.15, 0.2) is 40.9 Å². The molecule has 2 atom stereocenters. The van der Waals surface area contributed by atoms with Crippen LogP contribution in [-0.2, 0) is 30.3 Å². The first-order valence-corrected chi connectivity index (χ1v) is 9.43. The van der Waals surface area contributed by atoms with Gasteiger partial charge in [0.05, 0.1) is 17.7 Å². The van der Waals surface area contributed by atoms with Crippen LogP contribution in [0.1, 0.15) is 19.4 Å². The Kier molecular flexibility index (Phi) is 6.18. The van der Waals surface area contributed by atoms with Crippen molar-refractivity contribution in [2.24, 2.45) is 0 Å². The molecule has 6 nitrogen and oxygen atoms in total. The average molecular weight is 428 g/mol. The van der Waals surface area contributed by atoms with E-state index in [1.165, 1.54) is 0 Å². The third kappa shape index (κ3) is 3.89. The lowest BCUT2D eigenvalue weighted by Gasteiger charge is -2.43. The summed E-state index contributed by atoms with van der Waals surface area (Å²) in [5, 5.41) is 1.88. The van der Waals surface area contributed by atoms with Crippen molar-refractivity contribution in [1.29, 1.82) is 0 Å². The van der Waals surface area contributed by atoms with E-state index in [4.69, 9.17) is 23.8 Å². The van der Waals surface area contributed by atoms with Crippen LogP contribution < -0.4 is 0 Å². The van der Waals surface area contributed by atoms with Gasteiger partial charge in [-0.05, 0) is 41.4 Å². The first kappa shape index (κ1) is 19.9. The van der Waals surface area contributed by atoms with Gasteiger partial charge in [0.15, 0.2) is 5.79 Å². The van der Waals surface area contributed by atoms with Crippen molar-refractivity contribution in [3.63, 3.8) is 0 Å². The number of rotatable bonds is 5. The lowest BCUT2D eigenvalue weighted by molar-refractivity contribution is -0.299. The maximum Gasteiger partial charge on any atom is 0.221 e. The van der Waals surface area contributed by atoms with Crippen molar-refractivity contribution < 1.29 is 23.8 Å². The molecule has 0 N–H and O–H groups in total. The Balaban J connectivity index is 1.98. The molecule has 1 fully saturated rings. The number of hydrogen-bond donors (Lipinski definition) is 0. The largest absolute Gasteiger partial charge is 0.348 e. The van der Waals surface area contributed by atoms with Crippen molar-refractivity contribution in [3.05, 3.63) is 46.5 Å². The van der Waals surface area contributed by atoms with Crippen molar-refractivity contribution in [3.8, 4) is 0 Å². The molecule has 0 amide bonds. The molecular formula is C19H26BrNO5. The molecule has 1 saturated heterocycles. The maximum atomic E-state index is 6.17. The number of nitrogens with zero attached hydrogens (tertiary/aromatic N) is 1. The molecule has 0 saturated carbocycles. The Morgan fingerprint density at radius 1 is 1.19 bits per heavy atom. The van der Waals surface area contributed by atoms with Crippen LogP contribution in [0.5, 0.6) is 0 Å². The summed E-state index contributed by atoms with van der Waals surface area (Å²) >= 11 is 3.62. The van der Waals surface area contributed by atoms with Gasteiger partial charge in [-0.1, -0.05) is 30.3 Å². The predicted molar refractivity (Wildman–Crippen MR) is 100 cm³/mol. The van der Waals surface area contributed by atoms with Crippen LogP contribution in [0.4, 0.5) is 0 Å². The molecule has 0 radical (unpaired) electrons. The summed E-state index contributed by atoms with van der Waals surface area (Å²) in [6, 6.07) is 9.75. The first-order valence-electron chi connectivity index (χ1n) is 8.63. The van der Waals surface area contributed by atoms with Gasteiger partial charge < -0.3 is 18.9 Å². The molecule has 3 rings (SSSR count). The Labute approximate surface area is 163 Å². The van der Waals surface area contributed by atoms with Crippen LogP contribution in [0, 0.1) is 0 Å². The van der Waals surface area contributed by atoms with Crippen LogP contribution in [0.25, 0.3) is 0 Å². The summed E-state index contributed by atoms with van der Waals surface area (Å²) in [6.45, 7) is 5.18. The van der Waals surface area contributed by atoms with Crippen LogP contribution >= 0.6 is 15.9 Å². The van der Waals surface area contributed by atoms with E-state index in [1.807, 2.05) is 43.2 Å². The monoisotopic (exact) mass is 427 g/mol. The Hall–Kier alpha value is -0.800. The predicted octanol–water partition coefficient (Wildman–Crippen LogP) is 3.22. The standard InChI is InChI=1S/C19H26BrNO5/c1-18(2)24-13-15(26-18)17-19(22-3,23-4)16(20)10-11-25-21(17)12-14-8-6-5-7-9-14/h5-10,15,17H,11-13H2,1-4H3/t15-,17+/m1/s1. The zero-order valence-corrected chi connectivity index (χ0v) is 17.2. The van der Waals surface area contributed by atoms with Crippen molar-refractivity contribution >= 4 is 15.9 Å². The fourth-order valence-electron chi connectivity index (χ4n) is 3.49. The summed E-state index contributed by atoms with van der Waals surface area (Å²) in [7, 11) is 3.25. The van der Waals surface area contributed by atoms with Gasteiger partial charge in [0.2, 0.25) is 5.79 Å². The third-order valence-corrected chi connectivity index (χ3v) is 5.58. The van der Waals surface area contributed by atoms with E-state index < -0.39 is 11.6 Å². The molecule has 0 aromatic heterocycles. The number of hydrogen-bond acceptors (Lipinski definition) is 6. The lowest BCUT2D eigenvalue weighted by atomic mass is 9.99. The normalized spacial score (nSPS) is 28.6. The Morgan fingerprint density at radius 2 is 1.88 bits per heavy atom. The Bertz CT molecular complexity index is 632. The zero-order valence-electron chi connectivity index (χ0n) is 15.6. The summed E-state index contributed by atoms with van der Waals surface area (Å²) in [4.78, 5) is 6.06. The van der Waals surface area contributed by atoms with Gasteiger partial charge in [-0.2, -0.15) is 5.06 Å². The number of hydroxylamine groups is 2. The molecular weight excluding hydrogens is 402 g/mol. The fourth-order valence-corrected chi connectivity index (χ4v) is 4.18. The fraction of sp³-hybridized carbons (Fsp3) is 0.579. The molecule has 1 aromatic rings. The second-order valence-electron chi connectivity index (χ2n) is 6.80. The van der Waals surface area contributed by atoms with Crippen LogP contribution in [-0.4, -0.2) is 56.2 Å². The molecule has 0 spiro atoms. The first-order chi connectivity index (χ1) is 12.4. The highest BCUT2D eigenvalue weighted by atomic mass is 79.9. The van der Waals surface area contributed by atoms with Crippen molar-refractivity contribution in [2.75, 3.05) is 27.4 Å². The van der Waals surface area contributed by atoms with Crippen LogP contribution in [0.2, 0.25) is 0 Å². The maximum absolute atomic E-state index is 6.17. The second kappa shape index (κ2) is 8.06.